The summed E-state index contributed by atoms with van der Waals surface area (Å²) >= 11 is 0. The van der Waals surface area contributed by atoms with E-state index >= 15 is 0 Å². The van der Waals surface area contributed by atoms with Crippen LogP contribution in [0.4, 0.5) is 4.39 Å². The molecule has 0 fully saturated rings. The molecule has 2 aromatic heterocycles. The first-order valence-electron chi connectivity index (χ1n) is 7.61. The molecule has 0 amide bonds. The average Bonchev–Trinajstić information content (AvgIpc) is 3.10. The highest BCUT2D eigenvalue weighted by atomic mass is 19.1. The second kappa shape index (κ2) is 5.81. The van der Waals surface area contributed by atoms with Gasteiger partial charge in [0.15, 0.2) is 0 Å². The zero-order valence-corrected chi connectivity index (χ0v) is 13.1. The third-order valence-corrected chi connectivity index (χ3v) is 4.10. The van der Waals surface area contributed by atoms with Gasteiger partial charge in [-0.25, -0.2) is 9.37 Å². The number of nitrogens with zero attached hydrogens (tertiary/aromatic N) is 2. The first kappa shape index (κ1) is 14.5. The van der Waals surface area contributed by atoms with E-state index in [1.165, 1.54) is 12.1 Å². The van der Waals surface area contributed by atoms with Crippen molar-refractivity contribution in [3.63, 3.8) is 0 Å². The number of halogens is 1. The maximum Gasteiger partial charge on any atom is 0.123 e. The number of aromatic nitrogens is 2. The van der Waals surface area contributed by atoms with Crippen molar-refractivity contribution in [1.29, 1.82) is 0 Å². The fourth-order valence-electron chi connectivity index (χ4n) is 2.83. The summed E-state index contributed by atoms with van der Waals surface area (Å²) in [6.45, 7) is 0. The molecule has 0 bridgehead atoms. The topological polar surface area (TPSA) is 26.5 Å². The number of hydrogen-bond donors (Lipinski definition) is 0. The molecule has 0 unspecified atom stereocenters. The smallest absolute Gasteiger partial charge is 0.123 e. The molecule has 0 saturated carbocycles. The number of imidazole rings is 1. The van der Waals surface area contributed by atoms with E-state index in [-0.39, 0.29) is 5.82 Å². The Morgan fingerprint density at radius 2 is 1.62 bits per heavy atom. The molecule has 0 radical (unpaired) electrons. The van der Waals surface area contributed by atoms with Gasteiger partial charge in [0.2, 0.25) is 0 Å². The van der Waals surface area contributed by atoms with Gasteiger partial charge >= 0.3 is 0 Å². The third kappa shape index (κ3) is 2.52. The number of benzene rings is 2. The Hall–Kier alpha value is -3.14. The first-order valence-corrected chi connectivity index (χ1v) is 7.61. The van der Waals surface area contributed by atoms with Crippen molar-refractivity contribution in [3.05, 3.63) is 79.1 Å². The minimum absolute atomic E-state index is 0.238. The van der Waals surface area contributed by atoms with E-state index in [1.807, 2.05) is 41.1 Å². The van der Waals surface area contributed by atoms with Gasteiger partial charge in [-0.3, -0.25) is 0 Å². The van der Waals surface area contributed by atoms with Crippen LogP contribution in [0, 0.1) is 5.82 Å². The first-order chi connectivity index (χ1) is 11.7. The summed E-state index contributed by atoms with van der Waals surface area (Å²) in [6.07, 6.45) is 5.62. The third-order valence-electron chi connectivity index (χ3n) is 4.10. The molecule has 4 heteroatoms. The van der Waals surface area contributed by atoms with E-state index in [9.17, 15) is 4.39 Å². The Balaban J connectivity index is 1.90. The number of fused-ring (bicyclic) bond motifs is 1. The van der Waals surface area contributed by atoms with Crippen LogP contribution in [0.15, 0.2) is 73.3 Å². The van der Waals surface area contributed by atoms with Gasteiger partial charge in [0.05, 0.1) is 25.2 Å². The zero-order valence-electron chi connectivity index (χ0n) is 13.1. The van der Waals surface area contributed by atoms with Crippen LogP contribution in [0.25, 0.3) is 27.8 Å². The molecule has 0 spiro atoms. The van der Waals surface area contributed by atoms with Gasteiger partial charge in [-0.1, -0.05) is 24.3 Å². The summed E-state index contributed by atoms with van der Waals surface area (Å²) in [7, 11) is 1.65. The molecule has 0 aliphatic heterocycles. The molecule has 118 valence electrons. The number of hydrogen-bond acceptors (Lipinski definition) is 2. The number of pyridine rings is 1. The molecule has 2 aromatic carbocycles. The Bertz CT molecular complexity index is 989. The van der Waals surface area contributed by atoms with Crippen LogP contribution in [-0.4, -0.2) is 16.5 Å². The largest absolute Gasteiger partial charge is 0.497 e. The fraction of sp³-hybridized carbons (Fsp3) is 0.0500. The van der Waals surface area contributed by atoms with Gasteiger partial charge in [0.1, 0.15) is 11.6 Å². The molecular formula is C20H15FN2O. The van der Waals surface area contributed by atoms with Gasteiger partial charge in [-0.2, -0.15) is 0 Å². The second-order valence-corrected chi connectivity index (χ2v) is 5.56. The predicted octanol–water partition coefficient (Wildman–Crippen LogP) is 4.82. The molecule has 0 atom stereocenters. The summed E-state index contributed by atoms with van der Waals surface area (Å²) in [6, 6.07) is 16.5. The maximum absolute atomic E-state index is 13.2. The van der Waals surface area contributed by atoms with Crippen molar-refractivity contribution in [1.82, 2.24) is 9.38 Å². The van der Waals surface area contributed by atoms with Crippen molar-refractivity contribution in [3.8, 4) is 28.0 Å². The Morgan fingerprint density at radius 3 is 2.33 bits per heavy atom. The van der Waals surface area contributed by atoms with Gasteiger partial charge in [0.25, 0.3) is 0 Å². The van der Waals surface area contributed by atoms with Crippen molar-refractivity contribution in [2.24, 2.45) is 0 Å². The highest BCUT2D eigenvalue weighted by Gasteiger charge is 2.09. The molecule has 4 rings (SSSR count). The zero-order chi connectivity index (χ0) is 16.5. The summed E-state index contributed by atoms with van der Waals surface area (Å²) in [4.78, 5) is 4.25. The summed E-state index contributed by atoms with van der Waals surface area (Å²) in [5.41, 5.74) is 5.13. The predicted molar refractivity (Wildman–Crippen MR) is 92.6 cm³/mol. The monoisotopic (exact) mass is 318 g/mol. The quantitative estimate of drug-likeness (QED) is 0.541. The minimum atomic E-state index is -0.238. The fourth-order valence-corrected chi connectivity index (χ4v) is 2.83. The lowest BCUT2D eigenvalue weighted by molar-refractivity contribution is 0.415. The number of methoxy groups -OCH3 is 1. The van der Waals surface area contributed by atoms with E-state index in [2.05, 4.69) is 11.1 Å². The summed E-state index contributed by atoms with van der Waals surface area (Å²) in [5.74, 6) is 0.579. The second-order valence-electron chi connectivity index (χ2n) is 5.56. The van der Waals surface area contributed by atoms with Crippen LogP contribution in [0.5, 0.6) is 5.75 Å². The Morgan fingerprint density at radius 1 is 0.917 bits per heavy atom. The average molecular weight is 318 g/mol. The number of rotatable bonds is 3. The maximum atomic E-state index is 13.2. The summed E-state index contributed by atoms with van der Waals surface area (Å²) in [5, 5.41) is 0. The highest BCUT2D eigenvalue weighted by Crippen LogP contribution is 2.31. The molecule has 3 nitrogen and oxygen atoms in total. The van der Waals surface area contributed by atoms with E-state index in [0.717, 1.165) is 33.5 Å². The van der Waals surface area contributed by atoms with Crippen LogP contribution in [0.3, 0.4) is 0 Å². The van der Waals surface area contributed by atoms with Crippen LogP contribution in [-0.2, 0) is 0 Å². The van der Waals surface area contributed by atoms with E-state index < -0.39 is 0 Å². The van der Waals surface area contributed by atoms with Crippen LogP contribution in [0.1, 0.15) is 0 Å². The van der Waals surface area contributed by atoms with Gasteiger partial charge in [-0.05, 0) is 47.0 Å². The molecule has 4 aromatic rings. The Labute approximate surface area is 139 Å². The van der Waals surface area contributed by atoms with Gasteiger partial charge in [0, 0.05) is 11.8 Å². The van der Waals surface area contributed by atoms with Crippen molar-refractivity contribution < 1.29 is 9.13 Å². The van der Waals surface area contributed by atoms with Crippen molar-refractivity contribution in [2.75, 3.05) is 7.11 Å². The van der Waals surface area contributed by atoms with Crippen molar-refractivity contribution >= 4 is 5.52 Å². The van der Waals surface area contributed by atoms with Gasteiger partial charge in [-0.15, -0.1) is 0 Å². The molecule has 2 heterocycles. The minimum Gasteiger partial charge on any atom is -0.497 e. The Kier molecular flexibility index (Phi) is 3.50. The lowest BCUT2D eigenvalue weighted by Gasteiger charge is -2.10. The van der Waals surface area contributed by atoms with Crippen LogP contribution >= 0.6 is 0 Å². The molecule has 24 heavy (non-hydrogen) atoms. The van der Waals surface area contributed by atoms with Crippen LogP contribution in [0.2, 0.25) is 0 Å². The molecule has 0 aliphatic carbocycles. The normalized spacial score (nSPS) is 10.9. The van der Waals surface area contributed by atoms with Crippen molar-refractivity contribution in [2.45, 2.75) is 0 Å². The van der Waals surface area contributed by atoms with Crippen LogP contribution < -0.4 is 4.74 Å². The molecule has 0 N–H and O–H groups in total. The van der Waals surface area contributed by atoms with E-state index in [4.69, 9.17) is 4.74 Å². The lowest BCUT2D eigenvalue weighted by Crippen LogP contribution is -1.90. The standard InChI is InChI=1S/C20H15FN2O/c1-24-18-8-4-15(5-9-18)19-10-16(12-23-13-22-11-20(19)23)14-2-6-17(21)7-3-14/h2-13H,1H3. The highest BCUT2D eigenvalue weighted by molar-refractivity contribution is 5.84. The van der Waals surface area contributed by atoms with Gasteiger partial charge < -0.3 is 9.14 Å². The summed E-state index contributed by atoms with van der Waals surface area (Å²) < 4.78 is 20.4. The lowest BCUT2D eigenvalue weighted by atomic mass is 10.0. The van der Waals surface area contributed by atoms with E-state index in [1.54, 1.807) is 25.6 Å². The number of ether oxygens (including phenoxy) is 1. The molecule has 0 saturated heterocycles. The molecule has 0 aliphatic rings. The van der Waals surface area contributed by atoms with E-state index in [0.29, 0.717) is 0 Å². The molecular weight excluding hydrogens is 303 g/mol. The SMILES string of the molecule is COc1ccc(-c2cc(-c3ccc(F)cc3)cn3cncc23)cc1.